The molecular formula is C64H85BrCl2FN5O15. The number of aliphatic hydroxyl groups is 1. The number of fused-ring (bicyclic) bond motifs is 5. The van der Waals surface area contributed by atoms with Crippen LogP contribution in [0.1, 0.15) is 140 Å². The van der Waals surface area contributed by atoms with Crippen molar-refractivity contribution < 1.29 is 76.3 Å². The lowest BCUT2D eigenvalue weighted by atomic mass is 9.78. The molecule has 1 unspecified atom stereocenters. The summed E-state index contributed by atoms with van der Waals surface area (Å²) in [6.07, 6.45) is 1.76. The first-order chi connectivity index (χ1) is 41.2. The van der Waals surface area contributed by atoms with Gasteiger partial charge in [-0.25, -0.2) is 18.8 Å². The molecule has 0 aromatic heterocycles. The van der Waals surface area contributed by atoms with Gasteiger partial charge in [-0.2, -0.15) is 0 Å². The van der Waals surface area contributed by atoms with Gasteiger partial charge in [-0.3, -0.25) is 28.8 Å². The van der Waals surface area contributed by atoms with E-state index in [1.807, 2.05) is 26.0 Å². The van der Waals surface area contributed by atoms with Gasteiger partial charge in [0.05, 0.1) is 52.4 Å². The smallest absolute Gasteiger partial charge is 0.334 e. The van der Waals surface area contributed by atoms with Gasteiger partial charge in [-0.1, -0.05) is 96.3 Å². The number of carbonyl (C=O) groups excluding carboxylic acids is 9. The molecule has 2 aromatic carbocycles. The number of amides is 5. The Labute approximate surface area is 533 Å². The van der Waals surface area contributed by atoms with E-state index in [1.165, 1.54) is 26.0 Å². The summed E-state index contributed by atoms with van der Waals surface area (Å²) in [5.74, 6) is -7.80. The average molecular weight is 1330 g/mol. The number of nitrogens with one attached hydrogen (secondary N) is 2. The van der Waals surface area contributed by atoms with Crippen molar-refractivity contribution in [2.24, 2.45) is 23.5 Å². The minimum Gasteiger partial charge on any atom is -0.462 e. The molecule has 5 N–H and O–H groups in total. The predicted octanol–water partition coefficient (Wildman–Crippen LogP) is 8.89. The molecule has 5 amide bonds. The molecule has 2 saturated heterocycles. The number of aryl methyl sites for hydroxylation is 1. The van der Waals surface area contributed by atoms with Crippen LogP contribution in [0.25, 0.3) is 0 Å². The number of halogens is 4. The van der Waals surface area contributed by atoms with Crippen molar-refractivity contribution in [2.75, 3.05) is 38.0 Å². The maximum atomic E-state index is 16.3. The fourth-order valence-electron chi connectivity index (χ4n) is 11.1. The Kier molecular flexibility index (Phi) is 26.5. The number of unbranched alkanes of at least 4 members (excludes halogenated alkanes) is 1. The number of hydrogen-bond acceptors (Lipinski definition) is 15. The number of ketones is 2. The van der Waals surface area contributed by atoms with Crippen LogP contribution >= 0.6 is 39.1 Å². The Morgan fingerprint density at radius 1 is 1.03 bits per heavy atom. The second-order valence-electron chi connectivity index (χ2n) is 24.1. The van der Waals surface area contributed by atoms with Gasteiger partial charge in [-0.15, -0.1) is 0 Å². The monoisotopic (exact) mass is 1330 g/mol. The quantitative estimate of drug-likeness (QED) is 0.0180. The largest absolute Gasteiger partial charge is 0.462 e. The number of epoxide rings is 1. The number of anilines is 1. The van der Waals surface area contributed by atoms with Crippen LogP contribution in [0, 0.1) is 30.5 Å². The van der Waals surface area contributed by atoms with Gasteiger partial charge in [0, 0.05) is 76.2 Å². The first-order valence-electron chi connectivity index (χ1n) is 29.6. The summed E-state index contributed by atoms with van der Waals surface area (Å²) in [4.78, 5) is 123. The van der Waals surface area contributed by atoms with Crippen molar-refractivity contribution in [3.63, 3.8) is 0 Å². The summed E-state index contributed by atoms with van der Waals surface area (Å²) >= 11 is 16.7. The number of carbonyl (C=O) groups is 9. The number of benzene rings is 2. The first kappa shape index (κ1) is 72.7. The van der Waals surface area contributed by atoms with Crippen molar-refractivity contribution in [3.8, 4) is 0 Å². The molecule has 24 heteroatoms. The van der Waals surface area contributed by atoms with E-state index >= 15 is 4.39 Å². The molecule has 0 spiro atoms. The van der Waals surface area contributed by atoms with E-state index in [9.17, 15) is 48.3 Å². The molecule has 5 rings (SSSR count). The predicted molar refractivity (Wildman–Crippen MR) is 333 cm³/mol. The van der Waals surface area contributed by atoms with Crippen LogP contribution in [-0.4, -0.2) is 150 Å². The van der Waals surface area contributed by atoms with Crippen molar-refractivity contribution in [1.82, 2.24) is 15.5 Å². The van der Waals surface area contributed by atoms with Gasteiger partial charge < -0.3 is 55.0 Å². The van der Waals surface area contributed by atoms with Crippen molar-refractivity contribution in [2.45, 2.75) is 186 Å². The maximum Gasteiger partial charge on any atom is 0.334 e. The third-order valence-corrected chi connectivity index (χ3v) is 18.3. The lowest BCUT2D eigenvalue weighted by molar-refractivity contribution is -0.187. The zero-order valence-corrected chi connectivity index (χ0v) is 55.2. The summed E-state index contributed by atoms with van der Waals surface area (Å²) in [6, 6.07) is 2.21. The van der Waals surface area contributed by atoms with Gasteiger partial charge in [0.25, 0.3) is 5.91 Å². The summed E-state index contributed by atoms with van der Waals surface area (Å²) in [6.45, 7) is 17.5. The number of hydrogen-bond donors (Lipinski definition) is 4. The molecule has 11 atom stereocenters. The Hall–Kier alpha value is -6.04. The summed E-state index contributed by atoms with van der Waals surface area (Å²) in [7, 11) is 4.25. The van der Waals surface area contributed by atoms with E-state index in [4.69, 9.17) is 52.6 Å². The first-order valence-corrected chi connectivity index (χ1v) is 31.4. The fraction of sp³-hybridized carbons (Fsp3) is 0.578. The maximum absolute atomic E-state index is 16.3. The van der Waals surface area contributed by atoms with E-state index in [2.05, 4.69) is 33.1 Å². The number of nitrogens with two attached hydrogens (primary N) is 1. The SMILES string of the molecule is C=C(CBr)C(=O)OC(C)CCCCC(=O)C[C@H](C(=O)N[C@@H](CCCNC(N)=O)C(=O)Cc1cc(Cl)c(C(=O)N(C)[C@@H](C)C(=O)O[C@H]2CC(=O)N(C)c3cc(cc(C)c3Cl)C/C(C)=C/C=C/[C@@H](OC)[C@]3(O)CC(=O)O[C@@H](C3)[C@@H](C)[C@@H]3O[C@@]23C)cc1F)C(C)C. The summed E-state index contributed by atoms with van der Waals surface area (Å²) in [5.41, 5.74) is 4.73. The second-order valence-corrected chi connectivity index (χ2v) is 25.4. The Bertz CT molecular complexity index is 3030. The fourth-order valence-corrected chi connectivity index (χ4v) is 11.8. The molecule has 484 valence electrons. The summed E-state index contributed by atoms with van der Waals surface area (Å²) in [5, 5.41) is 17.5. The molecule has 0 aliphatic carbocycles. The minimum atomic E-state index is -1.68. The third kappa shape index (κ3) is 19.2. The number of Topliss-reactive ketones (excluding diaryl/α,β-unsaturated/α-hetero) is 2. The Morgan fingerprint density at radius 2 is 1.73 bits per heavy atom. The van der Waals surface area contributed by atoms with Crippen LogP contribution in [0.2, 0.25) is 10.0 Å². The van der Waals surface area contributed by atoms with E-state index in [0.29, 0.717) is 42.0 Å². The van der Waals surface area contributed by atoms with Gasteiger partial charge in [0.15, 0.2) is 5.78 Å². The van der Waals surface area contributed by atoms with E-state index in [-0.39, 0.29) is 83.8 Å². The number of ether oxygens (including phenoxy) is 5. The van der Waals surface area contributed by atoms with Crippen LogP contribution in [-0.2, 0) is 70.1 Å². The lowest BCUT2D eigenvalue weighted by Crippen LogP contribution is -2.53. The van der Waals surface area contributed by atoms with Gasteiger partial charge >= 0.3 is 23.9 Å². The standard InChI is InChI=1S/C64H85BrCl2FN5O15/c1-34(2)44(28-43(74)19-14-13-18-38(6)85-60(80)37(5)33-65)58(78)71-48(20-16-22-70-62(69)82)50(75)27-42-26-46(66)45(29-47(42)68)59(79)72(10)40(8)61(81)87-53-30-54(76)73(11)49-25-41(24-36(4)56(49)67)23-35(3)17-15-21-52(84-12)64(83)31-51(86-55(77)32-64)39(7)57-63(53,9)88-57/h15,17,21,24-26,29,34,38-40,44,48,51-53,57,83H,5,13-14,16,18-20,22-23,27-28,30-33H2,1-4,6-12H3,(H,71,78)(H3,69,70,82)/b21-15+,35-17+/t38?,39-,40+,44+,48+,51+,52-,53+,57+,63+,64-/m1/s1. The Morgan fingerprint density at radius 3 is 2.38 bits per heavy atom. The highest BCUT2D eigenvalue weighted by Gasteiger charge is 2.64. The van der Waals surface area contributed by atoms with Crippen molar-refractivity contribution in [3.05, 3.63) is 98.3 Å². The van der Waals surface area contributed by atoms with E-state index < -0.39 is 132 Å². The normalized spacial score (nSPS) is 24.4. The minimum absolute atomic E-state index is 0.00996. The number of allylic oxidation sites excluding steroid dienone is 3. The third-order valence-electron chi connectivity index (χ3n) is 16.8. The van der Waals surface area contributed by atoms with Crippen molar-refractivity contribution in [1.29, 1.82) is 0 Å². The number of likely N-dealkylation sites (N-methyl/N-ethyl adjacent to an activating group) is 1. The molecule has 0 radical (unpaired) electrons. The molecule has 88 heavy (non-hydrogen) atoms. The van der Waals surface area contributed by atoms with Crippen LogP contribution in [0.5, 0.6) is 0 Å². The zero-order chi connectivity index (χ0) is 65.7. The van der Waals surface area contributed by atoms with Crippen LogP contribution < -0.4 is 21.3 Å². The van der Waals surface area contributed by atoms with Crippen LogP contribution in [0.4, 0.5) is 14.9 Å². The van der Waals surface area contributed by atoms with Gasteiger partial charge in [-0.05, 0) is 114 Å². The average Bonchev–Trinajstić information content (AvgIpc) is 1.59. The summed E-state index contributed by atoms with van der Waals surface area (Å²) < 4.78 is 45.7. The van der Waals surface area contributed by atoms with E-state index in [0.717, 1.165) is 28.2 Å². The number of esters is 3. The molecule has 2 fully saturated rings. The number of nitrogens with zero attached hydrogens (tertiary/aromatic N) is 2. The lowest BCUT2D eigenvalue weighted by Gasteiger charge is -2.41. The molecule has 3 heterocycles. The van der Waals surface area contributed by atoms with Crippen LogP contribution in [0.15, 0.2) is 60.2 Å². The zero-order valence-electron chi connectivity index (χ0n) is 52.1. The molecule has 4 bridgehead atoms. The highest BCUT2D eigenvalue weighted by Crippen LogP contribution is 2.50. The van der Waals surface area contributed by atoms with Gasteiger partial charge in [0.1, 0.15) is 47.2 Å². The highest BCUT2D eigenvalue weighted by atomic mass is 79.9. The molecule has 2 aromatic rings. The second kappa shape index (κ2) is 32.1. The van der Waals surface area contributed by atoms with Crippen molar-refractivity contribution >= 4 is 98.0 Å². The van der Waals surface area contributed by atoms with E-state index in [1.54, 1.807) is 59.9 Å². The number of primary amides is 1. The number of rotatable bonds is 25. The van der Waals surface area contributed by atoms with Gasteiger partial charge in [0.2, 0.25) is 11.8 Å². The molecule has 0 saturated carbocycles. The molecule has 3 aliphatic rings. The molecule has 20 nitrogen and oxygen atoms in total. The molecule has 3 aliphatic heterocycles. The number of methoxy groups -OCH3 is 1. The number of urea groups is 1. The molecular weight excluding hydrogens is 1250 g/mol. The number of alkyl halides is 1. The topological polar surface area (TPSA) is 280 Å². The van der Waals surface area contributed by atoms with Crippen LogP contribution in [0.3, 0.4) is 0 Å². The highest BCUT2D eigenvalue weighted by molar-refractivity contribution is 9.09. The Balaban J connectivity index is 1.33.